The molecular formula is C18H33N5O. The second-order valence-electron chi connectivity index (χ2n) is 7.71. The monoisotopic (exact) mass is 335 g/mol. The summed E-state index contributed by atoms with van der Waals surface area (Å²) in [7, 11) is 1.87. The SMILES string of the molecule is CN=C(NCCN1CCCCCC1)N1CCCC2(CNC(=O)C2)C1. The molecule has 0 aromatic rings. The van der Waals surface area contributed by atoms with Gasteiger partial charge in [-0.15, -0.1) is 0 Å². The molecule has 0 aliphatic carbocycles. The smallest absolute Gasteiger partial charge is 0.220 e. The molecule has 136 valence electrons. The number of hydrogen-bond donors (Lipinski definition) is 2. The van der Waals surface area contributed by atoms with Gasteiger partial charge >= 0.3 is 0 Å². The van der Waals surface area contributed by atoms with E-state index in [0.717, 1.165) is 51.5 Å². The van der Waals surface area contributed by atoms with Gasteiger partial charge in [0.05, 0.1) is 0 Å². The van der Waals surface area contributed by atoms with E-state index in [1.807, 2.05) is 7.05 Å². The number of guanidine groups is 1. The molecule has 3 rings (SSSR count). The standard InChI is InChI=1S/C18H33N5O/c1-19-17(20-8-12-22-9-4-2-3-5-10-22)23-11-6-7-18(15-23)13-16(24)21-14-18/h2-15H2,1H3,(H,19,20)(H,21,24). The van der Waals surface area contributed by atoms with Crippen molar-refractivity contribution in [2.24, 2.45) is 10.4 Å². The third kappa shape index (κ3) is 4.41. The number of likely N-dealkylation sites (tertiary alicyclic amines) is 2. The minimum absolute atomic E-state index is 0.123. The highest BCUT2D eigenvalue weighted by atomic mass is 16.1. The van der Waals surface area contributed by atoms with Crippen LogP contribution in [0.3, 0.4) is 0 Å². The molecule has 3 saturated heterocycles. The summed E-state index contributed by atoms with van der Waals surface area (Å²) >= 11 is 0. The summed E-state index contributed by atoms with van der Waals surface area (Å²) < 4.78 is 0. The Bertz CT molecular complexity index is 458. The lowest BCUT2D eigenvalue weighted by atomic mass is 9.79. The van der Waals surface area contributed by atoms with Crippen molar-refractivity contribution in [2.75, 3.05) is 52.9 Å². The van der Waals surface area contributed by atoms with Crippen LogP contribution in [0.25, 0.3) is 0 Å². The van der Waals surface area contributed by atoms with Gasteiger partial charge in [-0.1, -0.05) is 12.8 Å². The fraction of sp³-hybridized carbons (Fsp3) is 0.889. The van der Waals surface area contributed by atoms with Gasteiger partial charge in [0.1, 0.15) is 0 Å². The van der Waals surface area contributed by atoms with E-state index in [1.165, 1.54) is 38.8 Å². The van der Waals surface area contributed by atoms with Crippen molar-refractivity contribution in [1.82, 2.24) is 20.4 Å². The maximum atomic E-state index is 11.7. The van der Waals surface area contributed by atoms with Gasteiger partial charge in [-0.05, 0) is 38.8 Å². The van der Waals surface area contributed by atoms with E-state index in [0.29, 0.717) is 6.42 Å². The first-order chi connectivity index (χ1) is 11.7. The van der Waals surface area contributed by atoms with Crippen LogP contribution in [0.4, 0.5) is 0 Å². The van der Waals surface area contributed by atoms with Crippen molar-refractivity contribution in [2.45, 2.75) is 44.9 Å². The number of amides is 1. The summed E-state index contributed by atoms with van der Waals surface area (Å²) in [6.07, 6.45) is 8.40. The maximum absolute atomic E-state index is 11.7. The lowest BCUT2D eigenvalue weighted by Gasteiger charge is -2.40. The van der Waals surface area contributed by atoms with Gasteiger partial charge in [0, 0.05) is 51.6 Å². The number of hydrogen-bond acceptors (Lipinski definition) is 3. The Morgan fingerprint density at radius 2 is 2.00 bits per heavy atom. The van der Waals surface area contributed by atoms with Gasteiger partial charge in [0.15, 0.2) is 5.96 Å². The Kier molecular flexibility index (Phi) is 5.98. The summed E-state index contributed by atoms with van der Waals surface area (Å²) in [4.78, 5) is 21.1. The number of aliphatic imine (C=N–C) groups is 1. The minimum atomic E-state index is 0.123. The maximum Gasteiger partial charge on any atom is 0.220 e. The van der Waals surface area contributed by atoms with Crippen LogP contribution in [0.1, 0.15) is 44.9 Å². The summed E-state index contributed by atoms with van der Waals surface area (Å²) in [6, 6.07) is 0. The Hall–Kier alpha value is -1.30. The topological polar surface area (TPSA) is 60.0 Å². The molecule has 0 bridgehead atoms. The highest BCUT2D eigenvalue weighted by molar-refractivity contribution is 5.81. The summed E-state index contributed by atoms with van der Waals surface area (Å²) in [5, 5.41) is 6.57. The van der Waals surface area contributed by atoms with E-state index in [9.17, 15) is 4.79 Å². The molecule has 1 spiro atoms. The molecule has 0 aromatic carbocycles. The van der Waals surface area contributed by atoms with E-state index >= 15 is 0 Å². The third-order valence-electron chi connectivity index (χ3n) is 5.78. The van der Waals surface area contributed by atoms with E-state index < -0.39 is 0 Å². The van der Waals surface area contributed by atoms with Gasteiger partial charge < -0.3 is 20.4 Å². The van der Waals surface area contributed by atoms with Crippen molar-refractivity contribution < 1.29 is 4.79 Å². The highest BCUT2D eigenvalue weighted by Gasteiger charge is 2.42. The Morgan fingerprint density at radius 3 is 2.67 bits per heavy atom. The van der Waals surface area contributed by atoms with Crippen molar-refractivity contribution in [3.8, 4) is 0 Å². The molecule has 24 heavy (non-hydrogen) atoms. The van der Waals surface area contributed by atoms with Crippen LogP contribution in [-0.2, 0) is 4.79 Å². The van der Waals surface area contributed by atoms with Crippen LogP contribution in [0.15, 0.2) is 4.99 Å². The quantitative estimate of drug-likeness (QED) is 0.598. The summed E-state index contributed by atoms with van der Waals surface area (Å²) in [5.74, 6) is 1.21. The predicted molar refractivity (Wildman–Crippen MR) is 97.1 cm³/mol. The first-order valence-corrected chi connectivity index (χ1v) is 9.65. The number of carbonyl (C=O) groups excluding carboxylic acids is 1. The fourth-order valence-electron chi connectivity index (χ4n) is 4.45. The molecule has 0 aromatic heterocycles. The first kappa shape index (κ1) is 17.5. The number of carbonyl (C=O) groups is 1. The average Bonchev–Trinajstić information content (AvgIpc) is 2.78. The minimum Gasteiger partial charge on any atom is -0.355 e. The normalized spacial score (nSPS) is 29.6. The van der Waals surface area contributed by atoms with Gasteiger partial charge in [-0.25, -0.2) is 0 Å². The molecule has 3 heterocycles. The molecule has 2 N–H and O–H groups in total. The van der Waals surface area contributed by atoms with Crippen molar-refractivity contribution in [3.63, 3.8) is 0 Å². The summed E-state index contributed by atoms with van der Waals surface area (Å²) in [6.45, 7) is 7.33. The summed E-state index contributed by atoms with van der Waals surface area (Å²) in [5.41, 5.74) is 0.123. The van der Waals surface area contributed by atoms with Crippen LogP contribution in [0.5, 0.6) is 0 Å². The lowest BCUT2D eigenvalue weighted by molar-refractivity contribution is -0.119. The number of piperidine rings is 1. The average molecular weight is 335 g/mol. The van der Waals surface area contributed by atoms with Gasteiger partial charge in [-0.2, -0.15) is 0 Å². The Labute approximate surface area is 146 Å². The largest absolute Gasteiger partial charge is 0.355 e. The first-order valence-electron chi connectivity index (χ1n) is 9.65. The van der Waals surface area contributed by atoms with Crippen LogP contribution >= 0.6 is 0 Å². The highest BCUT2D eigenvalue weighted by Crippen LogP contribution is 2.35. The van der Waals surface area contributed by atoms with Gasteiger partial charge in [0.2, 0.25) is 5.91 Å². The number of nitrogens with zero attached hydrogens (tertiary/aromatic N) is 3. The lowest BCUT2D eigenvalue weighted by Crippen LogP contribution is -2.52. The number of rotatable bonds is 3. The molecule has 3 aliphatic heterocycles. The van der Waals surface area contributed by atoms with Crippen molar-refractivity contribution in [1.29, 1.82) is 0 Å². The second kappa shape index (κ2) is 8.19. The van der Waals surface area contributed by atoms with Crippen LogP contribution in [0.2, 0.25) is 0 Å². The molecule has 0 radical (unpaired) electrons. The molecule has 1 unspecified atom stereocenters. The number of nitrogens with one attached hydrogen (secondary N) is 2. The molecule has 3 fully saturated rings. The molecule has 3 aliphatic rings. The second-order valence-corrected chi connectivity index (χ2v) is 7.71. The molecule has 6 nitrogen and oxygen atoms in total. The molecule has 6 heteroatoms. The van der Waals surface area contributed by atoms with Crippen LogP contribution < -0.4 is 10.6 Å². The zero-order valence-corrected chi connectivity index (χ0v) is 15.1. The van der Waals surface area contributed by atoms with Crippen LogP contribution in [0, 0.1) is 5.41 Å². The van der Waals surface area contributed by atoms with Crippen molar-refractivity contribution in [3.05, 3.63) is 0 Å². The molecule has 1 amide bonds. The van der Waals surface area contributed by atoms with Crippen molar-refractivity contribution >= 4 is 11.9 Å². The fourth-order valence-corrected chi connectivity index (χ4v) is 4.45. The van der Waals surface area contributed by atoms with E-state index in [4.69, 9.17) is 0 Å². The predicted octanol–water partition coefficient (Wildman–Crippen LogP) is 1.04. The van der Waals surface area contributed by atoms with Gasteiger partial charge in [0.25, 0.3) is 0 Å². The molecular weight excluding hydrogens is 302 g/mol. The van der Waals surface area contributed by atoms with Crippen LogP contribution in [-0.4, -0.2) is 74.5 Å². The Morgan fingerprint density at radius 1 is 1.21 bits per heavy atom. The molecule has 0 saturated carbocycles. The zero-order valence-electron chi connectivity index (χ0n) is 15.1. The van der Waals surface area contributed by atoms with E-state index in [-0.39, 0.29) is 11.3 Å². The van der Waals surface area contributed by atoms with Gasteiger partial charge in [-0.3, -0.25) is 9.79 Å². The Balaban J connectivity index is 1.47. The van der Waals surface area contributed by atoms with E-state index in [2.05, 4.69) is 25.4 Å². The third-order valence-corrected chi connectivity index (χ3v) is 5.78. The zero-order chi connectivity index (χ0) is 16.8. The molecule has 1 atom stereocenters. The van der Waals surface area contributed by atoms with E-state index in [1.54, 1.807) is 0 Å².